The first-order chi connectivity index (χ1) is 15.8. The van der Waals surface area contributed by atoms with Crippen molar-refractivity contribution in [3.63, 3.8) is 0 Å². The van der Waals surface area contributed by atoms with Crippen LogP contribution in [0, 0.1) is 23.2 Å². The van der Waals surface area contributed by atoms with Crippen molar-refractivity contribution in [3.05, 3.63) is 89.5 Å². The van der Waals surface area contributed by atoms with Crippen molar-refractivity contribution in [2.75, 3.05) is 19.8 Å². The highest BCUT2D eigenvalue weighted by Crippen LogP contribution is 2.44. The topological polar surface area (TPSA) is 71.3 Å². The molecule has 0 atom stereocenters. The van der Waals surface area contributed by atoms with Crippen LogP contribution < -0.4 is 10.1 Å². The second kappa shape index (κ2) is 10.2. The minimum atomic E-state index is -0.484. The average molecular weight is 422 g/mol. The van der Waals surface area contributed by atoms with Gasteiger partial charge in [-0.25, -0.2) is 4.79 Å². The van der Waals surface area contributed by atoms with E-state index in [1.54, 1.807) is 12.1 Å². The van der Waals surface area contributed by atoms with Crippen molar-refractivity contribution in [1.82, 2.24) is 5.32 Å². The fourth-order valence-corrected chi connectivity index (χ4v) is 3.76. The number of carbonyl (C=O) groups excluding carboxylic acids is 1. The molecule has 1 N–H and O–H groups in total. The lowest BCUT2D eigenvalue weighted by Gasteiger charge is -2.14. The van der Waals surface area contributed by atoms with Gasteiger partial charge < -0.3 is 14.8 Å². The number of benzene rings is 3. The lowest BCUT2D eigenvalue weighted by molar-refractivity contribution is 0.144. The van der Waals surface area contributed by atoms with Crippen LogP contribution in [0.25, 0.3) is 11.1 Å². The number of alkyl carbamates (subject to hydrolysis) is 1. The second-order valence-corrected chi connectivity index (χ2v) is 7.26. The van der Waals surface area contributed by atoms with Gasteiger partial charge in [0.25, 0.3) is 0 Å². The Kier molecular flexibility index (Phi) is 6.70. The minimum absolute atomic E-state index is 0.0353. The molecule has 0 aliphatic heterocycles. The number of nitriles is 1. The van der Waals surface area contributed by atoms with Crippen molar-refractivity contribution in [2.45, 2.75) is 12.3 Å². The van der Waals surface area contributed by atoms with E-state index in [-0.39, 0.29) is 19.1 Å². The molecule has 3 aromatic rings. The highest BCUT2D eigenvalue weighted by Gasteiger charge is 2.28. The molecule has 4 rings (SSSR count). The number of hydrogen-bond donors (Lipinski definition) is 1. The first kappa shape index (κ1) is 21.0. The number of amides is 1. The van der Waals surface area contributed by atoms with Crippen LogP contribution in [0.1, 0.15) is 29.0 Å². The molecule has 0 bridgehead atoms. The van der Waals surface area contributed by atoms with Crippen molar-refractivity contribution < 1.29 is 14.3 Å². The summed E-state index contributed by atoms with van der Waals surface area (Å²) in [5, 5.41) is 11.2. The molecule has 1 aliphatic rings. The first-order valence-corrected chi connectivity index (χ1v) is 10.4. The monoisotopic (exact) mass is 422 g/mol. The number of nitrogens with one attached hydrogen (secondary N) is 1. The third-order valence-corrected chi connectivity index (χ3v) is 5.23. The van der Waals surface area contributed by atoms with Crippen LogP contribution in [-0.4, -0.2) is 25.9 Å². The number of ether oxygens (including phenoxy) is 2. The molecule has 0 radical (unpaired) electrons. The first-order valence-electron chi connectivity index (χ1n) is 10.4. The zero-order valence-electron chi connectivity index (χ0n) is 17.5. The fraction of sp³-hybridized carbons (Fsp3) is 0.185. The molecular weight excluding hydrogens is 400 g/mol. The Labute approximate surface area is 187 Å². The van der Waals surface area contributed by atoms with Gasteiger partial charge in [-0.1, -0.05) is 60.4 Å². The Morgan fingerprint density at radius 3 is 2.25 bits per heavy atom. The third kappa shape index (κ3) is 4.91. The lowest BCUT2D eigenvalue weighted by Crippen LogP contribution is -2.26. The quantitative estimate of drug-likeness (QED) is 0.454. The number of nitrogens with zero attached hydrogens (tertiary/aromatic N) is 1. The van der Waals surface area contributed by atoms with Crippen LogP contribution in [0.4, 0.5) is 4.79 Å². The van der Waals surface area contributed by atoms with E-state index in [0.29, 0.717) is 18.8 Å². The van der Waals surface area contributed by atoms with E-state index in [1.807, 2.05) is 42.5 Å². The summed E-state index contributed by atoms with van der Waals surface area (Å²) in [6.07, 6.45) is -0.134. The Morgan fingerprint density at radius 1 is 0.938 bits per heavy atom. The highest BCUT2D eigenvalue weighted by molar-refractivity contribution is 5.79. The second-order valence-electron chi connectivity index (χ2n) is 7.26. The van der Waals surface area contributed by atoms with Crippen LogP contribution in [0.5, 0.6) is 5.75 Å². The number of carbonyl (C=O) groups is 1. The smallest absolute Gasteiger partial charge is 0.407 e. The van der Waals surface area contributed by atoms with Crippen LogP contribution in [-0.2, 0) is 4.74 Å². The molecule has 1 amide bonds. The minimum Gasteiger partial charge on any atom is -0.493 e. The van der Waals surface area contributed by atoms with Gasteiger partial charge in [0.15, 0.2) is 0 Å². The van der Waals surface area contributed by atoms with Crippen LogP contribution in [0.15, 0.2) is 72.8 Å². The van der Waals surface area contributed by atoms with E-state index in [9.17, 15) is 4.79 Å². The van der Waals surface area contributed by atoms with Crippen molar-refractivity contribution >= 4 is 6.09 Å². The Hall–Kier alpha value is -4.22. The molecule has 0 heterocycles. The zero-order valence-corrected chi connectivity index (χ0v) is 17.5. The van der Waals surface area contributed by atoms with Crippen molar-refractivity contribution in [2.24, 2.45) is 0 Å². The third-order valence-electron chi connectivity index (χ3n) is 5.23. The summed E-state index contributed by atoms with van der Waals surface area (Å²) in [5.41, 5.74) is 5.57. The highest BCUT2D eigenvalue weighted by atomic mass is 16.5. The molecule has 3 aromatic carbocycles. The Bertz CT molecular complexity index is 1150. The van der Waals surface area contributed by atoms with E-state index >= 15 is 0 Å². The summed E-state index contributed by atoms with van der Waals surface area (Å²) >= 11 is 0. The summed E-state index contributed by atoms with van der Waals surface area (Å²) in [6, 6.07) is 25.8. The lowest BCUT2D eigenvalue weighted by atomic mass is 9.98. The molecule has 0 spiro atoms. The van der Waals surface area contributed by atoms with Crippen LogP contribution >= 0.6 is 0 Å². The van der Waals surface area contributed by atoms with Gasteiger partial charge in [-0.05, 0) is 46.5 Å². The van der Waals surface area contributed by atoms with Gasteiger partial charge in [-0.15, -0.1) is 0 Å². The molecule has 158 valence electrons. The molecule has 0 saturated carbocycles. The summed E-state index contributed by atoms with van der Waals surface area (Å²) < 4.78 is 10.9. The summed E-state index contributed by atoms with van der Waals surface area (Å²) in [5.74, 6) is 6.64. The normalized spacial score (nSPS) is 11.3. The van der Waals surface area contributed by atoms with Gasteiger partial charge >= 0.3 is 6.09 Å². The van der Waals surface area contributed by atoms with Gasteiger partial charge in [-0.2, -0.15) is 5.26 Å². The average Bonchev–Trinajstić information content (AvgIpc) is 3.15. The SMILES string of the molecule is N#CCCOc1ccc(C#CCNC(=O)OCC2c3ccccc3-c3ccccc32)cc1. The molecule has 0 unspecified atom stereocenters. The number of fused-ring (bicyclic) bond motifs is 3. The van der Waals surface area contributed by atoms with Gasteiger partial charge in [0.1, 0.15) is 19.0 Å². The summed E-state index contributed by atoms with van der Waals surface area (Å²) in [4.78, 5) is 12.2. The maximum Gasteiger partial charge on any atom is 0.407 e. The molecule has 1 aliphatic carbocycles. The Morgan fingerprint density at radius 2 is 1.59 bits per heavy atom. The summed E-state index contributed by atoms with van der Waals surface area (Å²) in [7, 11) is 0. The molecule has 0 saturated heterocycles. The largest absolute Gasteiger partial charge is 0.493 e. The Balaban J connectivity index is 1.27. The fourth-order valence-electron chi connectivity index (χ4n) is 3.76. The van der Waals surface area contributed by atoms with E-state index in [1.165, 1.54) is 22.3 Å². The van der Waals surface area contributed by atoms with Gasteiger partial charge in [0.05, 0.1) is 19.0 Å². The number of hydrogen-bond acceptors (Lipinski definition) is 4. The van der Waals surface area contributed by atoms with E-state index in [0.717, 1.165) is 5.56 Å². The van der Waals surface area contributed by atoms with Gasteiger partial charge in [0, 0.05) is 11.5 Å². The molecule has 0 aromatic heterocycles. The summed E-state index contributed by atoms with van der Waals surface area (Å²) in [6.45, 7) is 0.837. The maximum absolute atomic E-state index is 12.2. The predicted octanol–water partition coefficient (Wildman–Crippen LogP) is 4.87. The van der Waals surface area contributed by atoms with Gasteiger partial charge in [0.2, 0.25) is 0 Å². The number of rotatable bonds is 6. The van der Waals surface area contributed by atoms with Crippen molar-refractivity contribution in [3.8, 4) is 34.8 Å². The molecule has 32 heavy (non-hydrogen) atoms. The van der Waals surface area contributed by atoms with Crippen LogP contribution in [0.2, 0.25) is 0 Å². The van der Waals surface area contributed by atoms with E-state index in [2.05, 4.69) is 41.4 Å². The van der Waals surface area contributed by atoms with E-state index < -0.39 is 6.09 Å². The molecule has 5 heteroatoms. The predicted molar refractivity (Wildman–Crippen MR) is 122 cm³/mol. The van der Waals surface area contributed by atoms with Crippen molar-refractivity contribution in [1.29, 1.82) is 5.26 Å². The maximum atomic E-state index is 12.2. The standard InChI is InChI=1S/C27H22N2O3/c28-16-6-18-31-21-14-12-20(13-15-21)7-5-17-29-27(30)32-19-26-24-10-3-1-8-22(24)23-9-2-4-11-25(23)26/h1-4,8-15,26H,6,17-19H2,(H,29,30). The zero-order chi connectivity index (χ0) is 22.2. The van der Waals surface area contributed by atoms with Gasteiger partial charge in [-0.3, -0.25) is 0 Å². The van der Waals surface area contributed by atoms with E-state index in [4.69, 9.17) is 14.7 Å². The van der Waals surface area contributed by atoms with Crippen LogP contribution in [0.3, 0.4) is 0 Å². The molecule has 0 fully saturated rings. The molecule has 5 nitrogen and oxygen atoms in total. The molecular formula is C27H22N2O3.